The highest BCUT2D eigenvalue weighted by Gasteiger charge is 2.07. The summed E-state index contributed by atoms with van der Waals surface area (Å²) in [4.78, 5) is 0. The molecule has 0 saturated heterocycles. The lowest BCUT2D eigenvalue weighted by Crippen LogP contribution is -2.06. The van der Waals surface area contributed by atoms with Gasteiger partial charge in [0.1, 0.15) is 0 Å². The molecule has 1 aromatic rings. The molecule has 56 valence electrons. The van der Waals surface area contributed by atoms with Gasteiger partial charge in [0.05, 0.1) is 0 Å². The number of anilines is 1. The van der Waals surface area contributed by atoms with E-state index >= 15 is 0 Å². The van der Waals surface area contributed by atoms with Crippen molar-refractivity contribution < 1.29 is 4.42 Å². The van der Waals surface area contributed by atoms with Crippen molar-refractivity contribution in [3.8, 4) is 0 Å². The minimum absolute atomic E-state index is 0.245. The third-order valence-corrected chi connectivity index (χ3v) is 1.06. The van der Waals surface area contributed by atoms with E-state index in [1.54, 1.807) is 0 Å². The van der Waals surface area contributed by atoms with Crippen molar-refractivity contribution in [1.29, 1.82) is 0 Å². The highest BCUT2D eigenvalue weighted by Crippen LogP contribution is 2.13. The van der Waals surface area contributed by atoms with Crippen LogP contribution in [0.15, 0.2) is 4.42 Å². The van der Waals surface area contributed by atoms with Gasteiger partial charge in [-0.25, -0.2) is 5.84 Å². The molecule has 10 heavy (non-hydrogen) atoms. The molecule has 0 aliphatic carbocycles. The van der Waals surface area contributed by atoms with E-state index < -0.39 is 0 Å². The molecule has 5 nitrogen and oxygen atoms in total. The van der Waals surface area contributed by atoms with Gasteiger partial charge in [0.15, 0.2) is 0 Å². The van der Waals surface area contributed by atoms with Crippen LogP contribution in [-0.4, -0.2) is 10.2 Å². The molecule has 0 aliphatic rings. The zero-order valence-corrected chi connectivity index (χ0v) is 5.96. The number of hydrogen-bond acceptors (Lipinski definition) is 5. The van der Waals surface area contributed by atoms with Gasteiger partial charge >= 0.3 is 6.01 Å². The van der Waals surface area contributed by atoms with Crippen molar-refractivity contribution in [2.75, 3.05) is 5.43 Å². The molecule has 0 fully saturated rings. The van der Waals surface area contributed by atoms with E-state index in [4.69, 9.17) is 10.3 Å². The second kappa shape index (κ2) is 2.66. The van der Waals surface area contributed by atoms with E-state index in [1.807, 2.05) is 13.8 Å². The zero-order chi connectivity index (χ0) is 7.56. The third-order valence-electron chi connectivity index (χ3n) is 1.06. The number of hydrogen-bond donors (Lipinski definition) is 2. The van der Waals surface area contributed by atoms with Crippen molar-refractivity contribution in [2.24, 2.45) is 5.84 Å². The molecule has 0 aliphatic heterocycles. The zero-order valence-electron chi connectivity index (χ0n) is 5.96. The molecular weight excluding hydrogens is 132 g/mol. The van der Waals surface area contributed by atoms with Crippen molar-refractivity contribution >= 4 is 6.01 Å². The Morgan fingerprint density at radius 1 is 1.50 bits per heavy atom. The van der Waals surface area contributed by atoms with E-state index in [2.05, 4.69) is 15.6 Å². The monoisotopic (exact) mass is 142 g/mol. The molecule has 3 N–H and O–H groups in total. The van der Waals surface area contributed by atoms with Gasteiger partial charge in [-0.15, -0.1) is 5.10 Å². The average Bonchev–Trinajstić information content (AvgIpc) is 2.34. The van der Waals surface area contributed by atoms with Crippen LogP contribution in [0.25, 0.3) is 0 Å². The normalized spacial score (nSPS) is 10.4. The molecule has 0 atom stereocenters. The average molecular weight is 142 g/mol. The Morgan fingerprint density at radius 3 is 2.50 bits per heavy atom. The first-order valence-electron chi connectivity index (χ1n) is 3.04. The summed E-state index contributed by atoms with van der Waals surface area (Å²) >= 11 is 0. The first kappa shape index (κ1) is 7.01. The largest absolute Gasteiger partial charge is 0.407 e. The number of rotatable bonds is 2. The molecule has 0 spiro atoms. The summed E-state index contributed by atoms with van der Waals surface area (Å²) in [6.45, 7) is 3.93. The predicted octanol–water partition coefficient (Wildman–Crippen LogP) is 0.479. The minimum Gasteiger partial charge on any atom is -0.407 e. The van der Waals surface area contributed by atoms with Crippen LogP contribution in [0.4, 0.5) is 6.01 Å². The van der Waals surface area contributed by atoms with Gasteiger partial charge in [-0.05, 0) is 0 Å². The summed E-state index contributed by atoms with van der Waals surface area (Å²) in [6, 6.07) is 0.253. The summed E-state index contributed by atoms with van der Waals surface area (Å²) in [5, 5.41) is 7.33. The van der Waals surface area contributed by atoms with Crippen LogP contribution < -0.4 is 11.3 Å². The molecular formula is C5H10N4O. The Morgan fingerprint density at radius 2 is 2.20 bits per heavy atom. The highest BCUT2D eigenvalue weighted by atomic mass is 16.4. The van der Waals surface area contributed by atoms with E-state index in [0.29, 0.717) is 5.89 Å². The van der Waals surface area contributed by atoms with Gasteiger partial charge in [-0.1, -0.05) is 18.9 Å². The Kier molecular flexibility index (Phi) is 1.86. The first-order valence-corrected chi connectivity index (χ1v) is 3.04. The lowest BCUT2D eigenvalue weighted by Gasteiger charge is -1.93. The number of nitrogens with zero attached hydrogens (tertiary/aromatic N) is 2. The van der Waals surface area contributed by atoms with E-state index in [0.717, 1.165) is 0 Å². The first-order chi connectivity index (χ1) is 4.74. The molecule has 0 unspecified atom stereocenters. The molecule has 1 rings (SSSR count). The summed E-state index contributed by atoms with van der Waals surface area (Å²) in [5.74, 6) is 5.85. The van der Waals surface area contributed by atoms with Crippen LogP contribution in [0.3, 0.4) is 0 Å². The minimum atomic E-state index is 0.245. The maximum atomic E-state index is 5.04. The third kappa shape index (κ3) is 1.24. The Labute approximate surface area is 58.6 Å². The molecule has 0 bridgehead atoms. The van der Waals surface area contributed by atoms with Gasteiger partial charge in [-0.3, -0.25) is 5.43 Å². The molecule has 1 heterocycles. The van der Waals surface area contributed by atoms with Gasteiger partial charge < -0.3 is 4.42 Å². The van der Waals surface area contributed by atoms with Crippen molar-refractivity contribution in [2.45, 2.75) is 19.8 Å². The number of nitrogens with one attached hydrogen (secondary N) is 1. The van der Waals surface area contributed by atoms with Crippen LogP contribution in [0.5, 0.6) is 0 Å². The quantitative estimate of drug-likeness (QED) is 0.464. The lowest BCUT2D eigenvalue weighted by atomic mass is 10.2. The maximum Gasteiger partial charge on any atom is 0.330 e. The summed E-state index contributed by atoms with van der Waals surface area (Å²) < 4.78 is 5.04. The van der Waals surface area contributed by atoms with Crippen molar-refractivity contribution in [3.05, 3.63) is 5.89 Å². The number of nitrogens with two attached hydrogens (primary N) is 1. The van der Waals surface area contributed by atoms with Crippen LogP contribution in [0, 0.1) is 0 Å². The van der Waals surface area contributed by atoms with Gasteiger partial charge in [0, 0.05) is 5.92 Å². The van der Waals surface area contributed by atoms with Crippen LogP contribution in [-0.2, 0) is 0 Å². The van der Waals surface area contributed by atoms with Gasteiger partial charge in [0.25, 0.3) is 0 Å². The second-order valence-corrected chi connectivity index (χ2v) is 2.24. The molecule has 0 saturated carbocycles. The number of hydrazine groups is 1. The fraction of sp³-hybridized carbons (Fsp3) is 0.600. The molecule has 0 aromatic carbocycles. The standard InChI is InChI=1S/C5H10N4O/c1-3(2)4-8-9-5(7-6)10-4/h3H,6H2,1-2H3,(H,7,9). The molecule has 5 heteroatoms. The van der Waals surface area contributed by atoms with Crippen LogP contribution in [0.2, 0.25) is 0 Å². The number of nitrogen functional groups attached to an aromatic ring is 1. The highest BCUT2D eigenvalue weighted by molar-refractivity contribution is 5.13. The SMILES string of the molecule is CC(C)c1nnc(NN)o1. The summed E-state index contributed by atoms with van der Waals surface area (Å²) in [7, 11) is 0. The Bertz CT molecular complexity index is 207. The van der Waals surface area contributed by atoms with E-state index in [9.17, 15) is 0 Å². The predicted molar refractivity (Wildman–Crippen MR) is 36.2 cm³/mol. The van der Waals surface area contributed by atoms with Crippen LogP contribution in [0.1, 0.15) is 25.7 Å². The van der Waals surface area contributed by atoms with Gasteiger partial charge in [0.2, 0.25) is 5.89 Å². The second-order valence-electron chi connectivity index (χ2n) is 2.24. The topological polar surface area (TPSA) is 77.0 Å². The number of aromatic nitrogens is 2. The van der Waals surface area contributed by atoms with Gasteiger partial charge in [-0.2, -0.15) is 0 Å². The van der Waals surface area contributed by atoms with Crippen molar-refractivity contribution in [3.63, 3.8) is 0 Å². The Balaban J connectivity index is 2.78. The molecule has 0 amide bonds. The van der Waals surface area contributed by atoms with E-state index in [-0.39, 0.29) is 11.9 Å². The van der Waals surface area contributed by atoms with Crippen LogP contribution >= 0.6 is 0 Å². The smallest absolute Gasteiger partial charge is 0.330 e. The lowest BCUT2D eigenvalue weighted by molar-refractivity contribution is 0.481. The van der Waals surface area contributed by atoms with E-state index in [1.165, 1.54) is 0 Å². The van der Waals surface area contributed by atoms with Crippen molar-refractivity contribution in [1.82, 2.24) is 10.2 Å². The maximum absolute atomic E-state index is 5.04. The molecule has 0 radical (unpaired) electrons. The fourth-order valence-electron chi connectivity index (χ4n) is 0.526. The summed E-state index contributed by atoms with van der Waals surface area (Å²) in [6.07, 6.45) is 0. The fourth-order valence-corrected chi connectivity index (χ4v) is 0.526. The summed E-state index contributed by atoms with van der Waals surface area (Å²) in [5.41, 5.74) is 2.26. The molecule has 1 aromatic heterocycles. The Hall–Kier alpha value is -1.10.